The fourth-order valence-corrected chi connectivity index (χ4v) is 2.20. The van der Waals surface area contributed by atoms with Crippen LogP contribution < -0.4 is 0 Å². The molecule has 6 N–H and O–H groups in total. The summed E-state index contributed by atoms with van der Waals surface area (Å²) < 4.78 is 14.9. The third-order valence-corrected chi connectivity index (χ3v) is 3.50. The molecule has 0 aromatic rings. The van der Waals surface area contributed by atoms with Crippen LogP contribution in [0.1, 0.15) is 6.92 Å². The van der Waals surface area contributed by atoms with Crippen molar-refractivity contribution in [3.63, 3.8) is 0 Å². The average molecular weight is 322 g/mol. The van der Waals surface area contributed by atoms with Gasteiger partial charge in [-0.3, -0.25) is 0 Å². The molecule has 2 heterocycles. The molecule has 0 aliphatic carbocycles. The minimum absolute atomic E-state index is 0.655. The van der Waals surface area contributed by atoms with Crippen LogP contribution in [-0.2, 0) is 19.0 Å². The van der Waals surface area contributed by atoms with Gasteiger partial charge in [-0.05, 0) is 13.0 Å². The molecule has 1 saturated heterocycles. The third-order valence-electron chi connectivity index (χ3n) is 3.50. The van der Waals surface area contributed by atoms with Gasteiger partial charge in [0, 0.05) is 0 Å². The quantitative estimate of drug-likeness (QED) is 0.313. The van der Waals surface area contributed by atoms with E-state index >= 15 is 0 Å². The van der Waals surface area contributed by atoms with Crippen molar-refractivity contribution >= 4 is 5.97 Å². The Labute approximate surface area is 124 Å². The molecule has 2 aliphatic rings. The minimum Gasteiger partial charge on any atom is -0.475 e. The number of hydrogen-bond acceptors (Lipinski definition) is 9. The van der Waals surface area contributed by atoms with E-state index in [4.69, 9.17) is 19.3 Å². The maximum Gasteiger partial charge on any atom is 0.371 e. The van der Waals surface area contributed by atoms with E-state index in [2.05, 4.69) is 0 Å². The molecule has 8 atom stereocenters. The molecule has 2 rings (SSSR count). The lowest BCUT2D eigenvalue weighted by Crippen LogP contribution is -2.60. The Morgan fingerprint density at radius 2 is 1.77 bits per heavy atom. The first-order chi connectivity index (χ1) is 10.2. The van der Waals surface area contributed by atoms with Crippen molar-refractivity contribution in [1.29, 1.82) is 0 Å². The van der Waals surface area contributed by atoms with Crippen LogP contribution in [0, 0.1) is 0 Å². The highest BCUT2D eigenvalue weighted by molar-refractivity contribution is 5.84. The van der Waals surface area contributed by atoms with Crippen LogP contribution in [0.4, 0.5) is 0 Å². The summed E-state index contributed by atoms with van der Waals surface area (Å²) in [6, 6.07) is 0. The number of ether oxygens (including phenoxy) is 3. The Balaban J connectivity index is 2.12. The van der Waals surface area contributed by atoms with Gasteiger partial charge in [0.25, 0.3) is 0 Å². The van der Waals surface area contributed by atoms with Gasteiger partial charge >= 0.3 is 5.97 Å². The summed E-state index contributed by atoms with van der Waals surface area (Å²) in [4.78, 5) is 10.9. The summed E-state index contributed by atoms with van der Waals surface area (Å²) in [5.74, 6) is -2.15. The second kappa shape index (κ2) is 6.46. The molecule has 0 bridgehead atoms. The van der Waals surface area contributed by atoms with Crippen LogP contribution in [0.25, 0.3) is 0 Å². The summed E-state index contributed by atoms with van der Waals surface area (Å²) in [5, 5.41) is 57.5. The minimum atomic E-state index is -1.68. The summed E-state index contributed by atoms with van der Waals surface area (Å²) >= 11 is 0. The van der Waals surface area contributed by atoms with Gasteiger partial charge < -0.3 is 44.8 Å². The molecule has 22 heavy (non-hydrogen) atoms. The van der Waals surface area contributed by atoms with Crippen molar-refractivity contribution in [3.05, 3.63) is 11.8 Å². The van der Waals surface area contributed by atoms with E-state index in [1.807, 2.05) is 0 Å². The predicted molar refractivity (Wildman–Crippen MR) is 66.0 cm³/mol. The molecule has 0 amide bonds. The number of carboxylic acids is 1. The van der Waals surface area contributed by atoms with Crippen molar-refractivity contribution in [2.24, 2.45) is 0 Å². The molecular formula is C12H18O10. The highest BCUT2D eigenvalue weighted by Gasteiger charge is 2.46. The molecule has 10 nitrogen and oxygen atoms in total. The van der Waals surface area contributed by atoms with E-state index < -0.39 is 60.9 Å². The number of aliphatic carboxylic acids is 1. The summed E-state index contributed by atoms with van der Waals surface area (Å²) in [7, 11) is 0. The van der Waals surface area contributed by atoms with E-state index in [0.29, 0.717) is 0 Å². The zero-order valence-corrected chi connectivity index (χ0v) is 11.5. The molecule has 126 valence electrons. The first kappa shape index (κ1) is 17.1. The van der Waals surface area contributed by atoms with Gasteiger partial charge in [0.05, 0.1) is 6.10 Å². The van der Waals surface area contributed by atoms with Gasteiger partial charge in [0.1, 0.15) is 30.5 Å². The highest BCUT2D eigenvalue weighted by atomic mass is 16.7. The molecule has 0 spiro atoms. The van der Waals surface area contributed by atoms with Crippen molar-refractivity contribution in [3.8, 4) is 0 Å². The highest BCUT2D eigenvalue weighted by Crippen LogP contribution is 2.27. The van der Waals surface area contributed by atoms with Crippen molar-refractivity contribution in [2.45, 2.75) is 56.1 Å². The molecule has 0 saturated carbocycles. The van der Waals surface area contributed by atoms with Gasteiger partial charge in [-0.15, -0.1) is 0 Å². The molecule has 1 fully saturated rings. The Morgan fingerprint density at radius 1 is 1.14 bits per heavy atom. The standard InChI is InChI=1S/C12H18O10/c1-3-6(14)8(16)9(11(19)20-3)22-12-7(15)4(13)2-5(21-12)10(17)18/h2-4,6-9,11-16,19H,1H3,(H,17,18)/t3-,4-,6-,7+,8+,9-,11+,12+/m0/s1. The second-order valence-corrected chi connectivity index (χ2v) is 5.12. The van der Waals surface area contributed by atoms with Crippen LogP contribution in [0.3, 0.4) is 0 Å². The Hall–Kier alpha value is -1.27. The number of hydrogen-bond donors (Lipinski definition) is 6. The van der Waals surface area contributed by atoms with Crippen LogP contribution in [0.15, 0.2) is 11.8 Å². The van der Waals surface area contributed by atoms with E-state index in [9.17, 15) is 30.3 Å². The predicted octanol–water partition coefficient (Wildman–Crippen LogP) is -3.12. The third kappa shape index (κ3) is 3.22. The van der Waals surface area contributed by atoms with Gasteiger partial charge in [0.2, 0.25) is 12.0 Å². The maximum atomic E-state index is 10.9. The fraction of sp³-hybridized carbons (Fsp3) is 0.750. The largest absolute Gasteiger partial charge is 0.475 e. The summed E-state index contributed by atoms with van der Waals surface area (Å²) in [5.41, 5.74) is 0. The van der Waals surface area contributed by atoms with Crippen LogP contribution in [0.2, 0.25) is 0 Å². The van der Waals surface area contributed by atoms with E-state index in [1.54, 1.807) is 0 Å². The van der Waals surface area contributed by atoms with E-state index in [-0.39, 0.29) is 0 Å². The van der Waals surface area contributed by atoms with E-state index in [1.165, 1.54) is 6.92 Å². The number of aliphatic hydroxyl groups excluding tert-OH is 5. The molecule has 10 heteroatoms. The van der Waals surface area contributed by atoms with Crippen molar-refractivity contribution in [2.75, 3.05) is 0 Å². The van der Waals surface area contributed by atoms with Gasteiger partial charge in [0.15, 0.2) is 6.29 Å². The molecule has 0 aromatic carbocycles. The lowest BCUT2D eigenvalue weighted by atomic mass is 9.99. The number of carbonyl (C=O) groups is 1. The number of carboxylic acid groups (broad SMARTS) is 1. The van der Waals surface area contributed by atoms with Crippen molar-refractivity contribution in [1.82, 2.24) is 0 Å². The SMILES string of the molecule is C[C@@H]1O[C@@H](O)[C@@H](O[C@H]2OC(C(=O)O)=C[C@H](O)[C@H]2O)[C@H](O)[C@H]1O. The molecule has 2 aliphatic heterocycles. The Morgan fingerprint density at radius 3 is 2.36 bits per heavy atom. The topological polar surface area (TPSA) is 166 Å². The molecular weight excluding hydrogens is 304 g/mol. The zero-order chi connectivity index (χ0) is 16.6. The first-order valence-corrected chi connectivity index (χ1v) is 6.55. The smallest absolute Gasteiger partial charge is 0.371 e. The van der Waals surface area contributed by atoms with Gasteiger partial charge in [-0.2, -0.15) is 0 Å². The normalized spacial score (nSPS) is 45.8. The van der Waals surface area contributed by atoms with Crippen LogP contribution >= 0.6 is 0 Å². The van der Waals surface area contributed by atoms with E-state index in [0.717, 1.165) is 6.08 Å². The second-order valence-electron chi connectivity index (χ2n) is 5.12. The Bertz CT molecular complexity index is 451. The van der Waals surface area contributed by atoms with Gasteiger partial charge in [-0.25, -0.2) is 4.79 Å². The zero-order valence-electron chi connectivity index (χ0n) is 11.5. The fourth-order valence-electron chi connectivity index (χ4n) is 2.20. The van der Waals surface area contributed by atoms with Gasteiger partial charge in [-0.1, -0.05) is 0 Å². The molecule has 0 aromatic heterocycles. The average Bonchev–Trinajstić information content (AvgIpc) is 2.45. The summed E-state index contributed by atoms with van der Waals surface area (Å²) in [6.07, 6.45) is -11.1. The lowest BCUT2D eigenvalue weighted by molar-refractivity contribution is -0.328. The number of aliphatic hydroxyl groups is 5. The van der Waals surface area contributed by atoms with Crippen LogP contribution in [0.5, 0.6) is 0 Å². The summed E-state index contributed by atoms with van der Waals surface area (Å²) in [6.45, 7) is 1.42. The lowest BCUT2D eigenvalue weighted by Gasteiger charge is -2.41. The van der Waals surface area contributed by atoms with Crippen LogP contribution in [-0.4, -0.2) is 85.8 Å². The molecule has 0 radical (unpaired) electrons. The maximum absolute atomic E-state index is 10.9. The number of rotatable bonds is 3. The first-order valence-electron chi connectivity index (χ1n) is 6.55. The molecule has 0 unspecified atom stereocenters. The monoisotopic (exact) mass is 322 g/mol. The van der Waals surface area contributed by atoms with Crippen molar-refractivity contribution < 1.29 is 49.6 Å². The Kier molecular flexibility index (Phi) is 5.02.